The van der Waals surface area contributed by atoms with Crippen LogP contribution in [0, 0.1) is 0 Å². The van der Waals surface area contributed by atoms with Crippen LogP contribution < -0.4 is 10.6 Å². The highest BCUT2D eigenvalue weighted by atomic mass is 16.3. The maximum Gasteiger partial charge on any atom is 0.236 e. The van der Waals surface area contributed by atoms with E-state index in [1.807, 2.05) is 19.1 Å². The fourth-order valence-corrected chi connectivity index (χ4v) is 1.83. The van der Waals surface area contributed by atoms with E-state index in [0.29, 0.717) is 0 Å². The molecule has 18 heavy (non-hydrogen) atoms. The number of amides is 1. The van der Waals surface area contributed by atoms with E-state index < -0.39 is 0 Å². The standard InChI is InChI=1S/C14H24N2O2/c1-4-5-8-15-14(17)12(3)16-11(2)10-13-7-6-9-18-13/h6-7,9,11-12,16H,4-5,8,10H2,1-3H3,(H,15,17). The number of furan rings is 1. The molecule has 1 amide bonds. The minimum atomic E-state index is -0.174. The molecule has 4 nitrogen and oxygen atoms in total. The number of nitrogens with one attached hydrogen (secondary N) is 2. The minimum absolute atomic E-state index is 0.0646. The Labute approximate surface area is 109 Å². The van der Waals surface area contributed by atoms with E-state index >= 15 is 0 Å². The summed E-state index contributed by atoms with van der Waals surface area (Å²) in [6, 6.07) is 3.86. The Balaban J connectivity index is 2.25. The molecule has 0 radical (unpaired) electrons. The topological polar surface area (TPSA) is 54.3 Å². The first-order valence-electron chi connectivity index (χ1n) is 6.69. The molecule has 0 fully saturated rings. The first-order valence-corrected chi connectivity index (χ1v) is 6.69. The minimum Gasteiger partial charge on any atom is -0.469 e. The van der Waals surface area contributed by atoms with Crippen LogP contribution in [0.15, 0.2) is 22.8 Å². The van der Waals surface area contributed by atoms with Crippen LogP contribution in [-0.2, 0) is 11.2 Å². The SMILES string of the molecule is CCCCNC(=O)C(C)NC(C)Cc1ccco1. The fourth-order valence-electron chi connectivity index (χ4n) is 1.83. The molecular weight excluding hydrogens is 228 g/mol. The van der Waals surface area contributed by atoms with Crippen LogP contribution in [-0.4, -0.2) is 24.5 Å². The second-order valence-electron chi connectivity index (χ2n) is 4.72. The lowest BCUT2D eigenvalue weighted by molar-refractivity contribution is -0.122. The van der Waals surface area contributed by atoms with Gasteiger partial charge in [0, 0.05) is 19.0 Å². The highest BCUT2D eigenvalue weighted by molar-refractivity contribution is 5.81. The van der Waals surface area contributed by atoms with Crippen molar-refractivity contribution < 1.29 is 9.21 Å². The lowest BCUT2D eigenvalue weighted by atomic mass is 10.1. The fraction of sp³-hybridized carbons (Fsp3) is 0.643. The summed E-state index contributed by atoms with van der Waals surface area (Å²) in [5, 5.41) is 6.20. The predicted molar refractivity (Wildman–Crippen MR) is 72.4 cm³/mol. The smallest absolute Gasteiger partial charge is 0.236 e. The molecule has 1 aromatic rings. The van der Waals surface area contributed by atoms with Crippen LogP contribution in [0.5, 0.6) is 0 Å². The van der Waals surface area contributed by atoms with Gasteiger partial charge >= 0.3 is 0 Å². The largest absolute Gasteiger partial charge is 0.469 e. The number of rotatable bonds is 8. The molecule has 0 bridgehead atoms. The molecule has 102 valence electrons. The zero-order valence-electron chi connectivity index (χ0n) is 11.5. The summed E-state index contributed by atoms with van der Waals surface area (Å²) < 4.78 is 5.29. The van der Waals surface area contributed by atoms with E-state index in [-0.39, 0.29) is 18.0 Å². The van der Waals surface area contributed by atoms with E-state index in [4.69, 9.17) is 4.42 Å². The zero-order valence-corrected chi connectivity index (χ0v) is 11.5. The maximum atomic E-state index is 11.8. The van der Waals surface area contributed by atoms with Gasteiger partial charge in [0.25, 0.3) is 0 Å². The normalized spacial score (nSPS) is 14.2. The van der Waals surface area contributed by atoms with Gasteiger partial charge in [-0.05, 0) is 32.4 Å². The van der Waals surface area contributed by atoms with Gasteiger partial charge < -0.3 is 15.1 Å². The summed E-state index contributed by atoms with van der Waals surface area (Å²) >= 11 is 0. The van der Waals surface area contributed by atoms with Gasteiger partial charge in [-0.15, -0.1) is 0 Å². The molecule has 2 unspecified atom stereocenters. The van der Waals surface area contributed by atoms with Gasteiger partial charge in [0.2, 0.25) is 5.91 Å². The van der Waals surface area contributed by atoms with Crippen molar-refractivity contribution in [3.63, 3.8) is 0 Å². The van der Waals surface area contributed by atoms with E-state index in [1.54, 1.807) is 6.26 Å². The van der Waals surface area contributed by atoms with E-state index in [2.05, 4.69) is 24.5 Å². The summed E-state index contributed by atoms with van der Waals surface area (Å²) in [6.45, 7) is 6.81. The number of carbonyl (C=O) groups is 1. The number of carbonyl (C=O) groups excluding carboxylic acids is 1. The third-order valence-electron chi connectivity index (χ3n) is 2.84. The first-order chi connectivity index (χ1) is 8.63. The van der Waals surface area contributed by atoms with Crippen molar-refractivity contribution in [2.75, 3.05) is 6.54 Å². The second kappa shape index (κ2) is 7.93. The summed E-state index contributed by atoms with van der Waals surface area (Å²) in [5.74, 6) is 1.00. The van der Waals surface area contributed by atoms with Gasteiger partial charge in [-0.1, -0.05) is 13.3 Å². The molecule has 0 spiro atoms. The van der Waals surface area contributed by atoms with Gasteiger partial charge in [0.15, 0.2) is 0 Å². The number of unbranched alkanes of at least 4 members (excludes halogenated alkanes) is 1. The van der Waals surface area contributed by atoms with Crippen molar-refractivity contribution in [1.29, 1.82) is 0 Å². The molecule has 0 aromatic carbocycles. The lowest BCUT2D eigenvalue weighted by Crippen LogP contribution is -2.46. The molecule has 0 saturated heterocycles. The van der Waals surface area contributed by atoms with Crippen molar-refractivity contribution in [2.45, 2.75) is 52.1 Å². The van der Waals surface area contributed by atoms with Crippen LogP contribution in [0.4, 0.5) is 0 Å². The van der Waals surface area contributed by atoms with Gasteiger partial charge in [-0.2, -0.15) is 0 Å². The third kappa shape index (κ3) is 5.36. The zero-order chi connectivity index (χ0) is 13.4. The summed E-state index contributed by atoms with van der Waals surface area (Å²) in [5.41, 5.74) is 0. The van der Waals surface area contributed by atoms with Gasteiger partial charge in [0.05, 0.1) is 12.3 Å². The van der Waals surface area contributed by atoms with Crippen molar-refractivity contribution in [3.8, 4) is 0 Å². The van der Waals surface area contributed by atoms with Crippen LogP contribution in [0.3, 0.4) is 0 Å². The molecule has 1 aromatic heterocycles. The lowest BCUT2D eigenvalue weighted by Gasteiger charge is -2.18. The quantitative estimate of drug-likeness (QED) is 0.697. The number of hydrogen-bond acceptors (Lipinski definition) is 3. The van der Waals surface area contributed by atoms with Crippen molar-refractivity contribution >= 4 is 5.91 Å². The van der Waals surface area contributed by atoms with E-state index in [1.165, 1.54) is 0 Å². The number of hydrogen-bond donors (Lipinski definition) is 2. The summed E-state index contributed by atoms with van der Waals surface area (Å²) in [6.07, 6.45) is 4.58. The van der Waals surface area contributed by atoms with Crippen LogP contribution in [0.25, 0.3) is 0 Å². The van der Waals surface area contributed by atoms with Gasteiger partial charge in [-0.25, -0.2) is 0 Å². The van der Waals surface area contributed by atoms with Gasteiger partial charge in [0.1, 0.15) is 5.76 Å². The Morgan fingerprint density at radius 2 is 2.22 bits per heavy atom. The van der Waals surface area contributed by atoms with Gasteiger partial charge in [-0.3, -0.25) is 4.79 Å². The Bertz CT molecular complexity index is 336. The molecule has 2 N–H and O–H groups in total. The van der Waals surface area contributed by atoms with Crippen LogP contribution in [0.1, 0.15) is 39.4 Å². The van der Waals surface area contributed by atoms with Crippen LogP contribution >= 0.6 is 0 Å². The van der Waals surface area contributed by atoms with Crippen LogP contribution in [0.2, 0.25) is 0 Å². The summed E-state index contributed by atoms with van der Waals surface area (Å²) in [7, 11) is 0. The Morgan fingerprint density at radius 3 is 2.83 bits per heavy atom. The molecule has 0 aliphatic heterocycles. The highest BCUT2D eigenvalue weighted by Crippen LogP contribution is 2.04. The molecule has 0 saturated carbocycles. The molecule has 4 heteroatoms. The average Bonchev–Trinajstić information content (AvgIpc) is 2.81. The van der Waals surface area contributed by atoms with Crippen molar-refractivity contribution in [3.05, 3.63) is 24.2 Å². The molecule has 1 heterocycles. The Morgan fingerprint density at radius 1 is 1.44 bits per heavy atom. The summed E-state index contributed by atoms with van der Waals surface area (Å²) in [4.78, 5) is 11.8. The van der Waals surface area contributed by atoms with Crippen molar-refractivity contribution in [1.82, 2.24) is 10.6 Å². The maximum absolute atomic E-state index is 11.8. The second-order valence-corrected chi connectivity index (χ2v) is 4.72. The Kier molecular flexibility index (Phi) is 6.50. The molecule has 2 atom stereocenters. The Hall–Kier alpha value is -1.29. The third-order valence-corrected chi connectivity index (χ3v) is 2.84. The first kappa shape index (κ1) is 14.8. The monoisotopic (exact) mass is 252 g/mol. The highest BCUT2D eigenvalue weighted by Gasteiger charge is 2.15. The van der Waals surface area contributed by atoms with E-state index in [9.17, 15) is 4.79 Å². The molecule has 0 aliphatic rings. The predicted octanol–water partition coefficient (Wildman–Crippen LogP) is 2.10. The molecular formula is C14H24N2O2. The van der Waals surface area contributed by atoms with Crippen molar-refractivity contribution in [2.24, 2.45) is 0 Å². The van der Waals surface area contributed by atoms with E-state index in [0.717, 1.165) is 31.6 Å². The molecule has 0 aliphatic carbocycles. The average molecular weight is 252 g/mol. The molecule has 1 rings (SSSR count).